The number of hydrogen-bond donors (Lipinski definition) is 0. The highest BCUT2D eigenvalue weighted by Gasteiger charge is 2.29. The van der Waals surface area contributed by atoms with Crippen molar-refractivity contribution in [1.82, 2.24) is 0 Å². The Hall–Kier alpha value is -2.74. The molecule has 0 amide bonds. The average molecular weight is 385 g/mol. The van der Waals surface area contributed by atoms with Crippen molar-refractivity contribution in [2.75, 3.05) is 16.5 Å². The lowest BCUT2D eigenvalue weighted by atomic mass is 9.80. The zero-order valence-corrected chi connectivity index (χ0v) is 18.5. The molecule has 3 aromatic carbocycles. The number of rotatable bonds is 2. The van der Waals surface area contributed by atoms with E-state index in [2.05, 4.69) is 124 Å². The summed E-state index contributed by atoms with van der Waals surface area (Å²) in [6.07, 6.45) is 0. The predicted molar refractivity (Wildman–Crippen MR) is 126 cm³/mol. The molecule has 0 aromatic heterocycles. The molecular weight excluding hydrogens is 352 g/mol. The van der Waals surface area contributed by atoms with Crippen molar-refractivity contribution >= 4 is 22.7 Å². The standard InChI is InChI=1S/C27H32N2/c1-26(2,3)20-16-21(27(4,5)6)18-23(17-20)29-19-28(22-12-8-7-9-13-22)24-14-10-11-15-25(24)29/h7-18H,19H2,1-6H3. The first-order chi connectivity index (χ1) is 13.6. The monoisotopic (exact) mass is 384 g/mol. The minimum absolute atomic E-state index is 0.106. The SMILES string of the molecule is CC(C)(C)c1cc(N2CN(c3ccccc3)c3ccccc32)cc(C(C)(C)C)c1. The molecule has 0 radical (unpaired) electrons. The lowest BCUT2D eigenvalue weighted by Gasteiger charge is -2.29. The van der Waals surface area contributed by atoms with Gasteiger partial charge in [0.05, 0.1) is 11.4 Å². The minimum atomic E-state index is 0.106. The number of hydrogen-bond acceptors (Lipinski definition) is 2. The third-order valence-electron chi connectivity index (χ3n) is 5.78. The maximum Gasteiger partial charge on any atom is 0.100 e. The van der Waals surface area contributed by atoms with Crippen LogP contribution in [0.3, 0.4) is 0 Å². The molecule has 29 heavy (non-hydrogen) atoms. The van der Waals surface area contributed by atoms with E-state index in [-0.39, 0.29) is 10.8 Å². The zero-order chi connectivity index (χ0) is 20.8. The van der Waals surface area contributed by atoms with Crippen molar-refractivity contribution in [3.05, 3.63) is 83.9 Å². The van der Waals surface area contributed by atoms with E-state index < -0.39 is 0 Å². The van der Waals surface area contributed by atoms with Crippen LogP contribution in [0.15, 0.2) is 72.8 Å². The van der Waals surface area contributed by atoms with Crippen molar-refractivity contribution in [3.63, 3.8) is 0 Å². The summed E-state index contributed by atoms with van der Waals surface area (Å²) in [7, 11) is 0. The molecule has 0 bridgehead atoms. The highest BCUT2D eigenvalue weighted by atomic mass is 15.4. The van der Waals surface area contributed by atoms with Crippen molar-refractivity contribution in [2.24, 2.45) is 0 Å². The Balaban J connectivity index is 1.85. The first-order valence-corrected chi connectivity index (χ1v) is 10.5. The number of nitrogens with zero attached hydrogens (tertiary/aromatic N) is 2. The molecule has 1 aliphatic rings. The van der Waals surface area contributed by atoms with Crippen LogP contribution in [0, 0.1) is 0 Å². The van der Waals surface area contributed by atoms with Crippen molar-refractivity contribution < 1.29 is 0 Å². The number of anilines is 4. The molecule has 3 aromatic rings. The van der Waals surface area contributed by atoms with Gasteiger partial charge in [0, 0.05) is 11.4 Å². The number of fused-ring (bicyclic) bond motifs is 1. The summed E-state index contributed by atoms with van der Waals surface area (Å²) in [5, 5.41) is 0. The fourth-order valence-electron chi connectivity index (χ4n) is 3.90. The zero-order valence-electron chi connectivity index (χ0n) is 18.5. The van der Waals surface area contributed by atoms with Gasteiger partial charge in [-0.1, -0.05) is 77.9 Å². The van der Waals surface area contributed by atoms with Crippen LogP contribution in [0.1, 0.15) is 52.7 Å². The molecule has 0 aliphatic carbocycles. The van der Waals surface area contributed by atoms with Gasteiger partial charge >= 0.3 is 0 Å². The van der Waals surface area contributed by atoms with E-state index in [0.29, 0.717) is 0 Å². The van der Waals surface area contributed by atoms with Gasteiger partial charge in [0.2, 0.25) is 0 Å². The van der Waals surface area contributed by atoms with Gasteiger partial charge in [-0.15, -0.1) is 0 Å². The van der Waals surface area contributed by atoms with Gasteiger partial charge in [-0.05, 0) is 58.4 Å². The molecule has 0 fully saturated rings. The summed E-state index contributed by atoms with van der Waals surface area (Å²) < 4.78 is 0. The topological polar surface area (TPSA) is 6.48 Å². The molecule has 150 valence electrons. The van der Waals surface area contributed by atoms with Crippen molar-refractivity contribution in [1.29, 1.82) is 0 Å². The molecule has 0 saturated heterocycles. The summed E-state index contributed by atoms with van der Waals surface area (Å²) in [6.45, 7) is 14.6. The number of para-hydroxylation sites is 3. The Bertz CT molecular complexity index is 974. The Kier molecular flexibility index (Phi) is 4.69. The molecule has 2 heteroatoms. The summed E-state index contributed by atoms with van der Waals surface area (Å²) in [5.41, 5.74) is 8.01. The molecule has 0 spiro atoms. The van der Waals surface area contributed by atoms with Crippen LogP contribution in [0.5, 0.6) is 0 Å². The second-order valence-corrected chi connectivity index (χ2v) is 10.1. The fourth-order valence-corrected chi connectivity index (χ4v) is 3.90. The van der Waals surface area contributed by atoms with Gasteiger partial charge < -0.3 is 9.80 Å². The van der Waals surface area contributed by atoms with E-state index in [1.54, 1.807) is 0 Å². The van der Waals surface area contributed by atoms with E-state index >= 15 is 0 Å². The van der Waals surface area contributed by atoms with Crippen LogP contribution >= 0.6 is 0 Å². The average Bonchev–Trinajstić information content (AvgIpc) is 3.07. The molecule has 0 atom stereocenters. The molecule has 0 unspecified atom stereocenters. The quantitative estimate of drug-likeness (QED) is 0.450. The molecule has 1 aliphatic heterocycles. The van der Waals surface area contributed by atoms with E-state index in [1.165, 1.54) is 33.9 Å². The van der Waals surface area contributed by atoms with E-state index in [4.69, 9.17) is 0 Å². The summed E-state index contributed by atoms with van der Waals surface area (Å²) >= 11 is 0. The van der Waals surface area contributed by atoms with Gasteiger partial charge in [0.1, 0.15) is 6.67 Å². The van der Waals surface area contributed by atoms with Gasteiger partial charge in [-0.2, -0.15) is 0 Å². The molecule has 0 N–H and O–H groups in total. The molecule has 0 saturated carbocycles. The first-order valence-electron chi connectivity index (χ1n) is 10.5. The lowest BCUT2D eigenvalue weighted by molar-refractivity contribution is 0.568. The first kappa shape index (κ1) is 19.6. The van der Waals surface area contributed by atoms with Crippen molar-refractivity contribution in [2.45, 2.75) is 52.4 Å². The lowest BCUT2D eigenvalue weighted by Crippen LogP contribution is -2.25. The van der Waals surface area contributed by atoms with Crippen LogP contribution in [-0.4, -0.2) is 6.67 Å². The molecule has 2 nitrogen and oxygen atoms in total. The van der Waals surface area contributed by atoms with Crippen LogP contribution in [-0.2, 0) is 10.8 Å². The van der Waals surface area contributed by atoms with Crippen LogP contribution in [0.4, 0.5) is 22.7 Å². The smallest absolute Gasteiger partial charge is 0.100 e. The fraction of sp³-hybridized carbons (Fsp3) is 0.333. The maximum atomic E-state index is 2.45. The second kappa shape index (κ2) is 6.95. The predicted octanol–water partition coefficient (Wildman–Crippen LogP) is 7.53. The van der Waals surface area contributed by atoms with E-state index in [9.17, 15) is 0 Å². The third kappa shape index (κ3) is 3.76. The maximum absolute atomic E-state index is 2.45. The third-order valence-corrected chi connectivity index (χ3v) is 5.78. The normalized spacial score (nSPS) is 14.3. The summed E-state index contributed by atoms with van der Waals surface area (Å²) in [6, 6.07) is 26.5. The van der Waals surface area contributed by atoms with Crippen molar-refractivity contribution in [3.8, 4) is 0 Å². The largest absolute Gasteiger partial charge is 0.321 e. The van der Waals surface area contributed by atoms with Crippen LogP contribution in [0.2, 0.25) is 0 Å². The molecule has 1 heterocycles. The van der Waals surface area contributed by atoms with Crippen LogP contribution in [0.25, 0.3) is 0 Å². The number of benzene rings is 3. The van der Waals surface area contributed by atoms with Gasteiger partial charge in [0.25, 0.3) is 0 Å². The summed E-state index contributed by atoms with van der Waals surface area (Å²) in [5.74, 6) is 0. The Morgan fingerprint density at radius 1 is 0.552 bits per heavy atom. The van der Waals surface area contributed by atoms with Gasteiger partial charge in [-0.25, -0.2) is 0 Å². The van der Waals surface area contributed by atoms with Gasteiger partial charge in [0.15, 0.2) is 0 Å². The van der Waals surface area contributed by atoms with Crippen LogP contribution < -0.4 is 9.80 Å². The highest BCUT2D eigenvalue weighted by molar-refractivity contribution is 5.87. The minimum Gasteiger partial charge on any atom is -0.321 e. The molecular formula is C27H32N2. The second-order valence-electron chi connectivity index (χ2n) is 10.1. The Morgan fingerprint density at radius 3 is 1.48 bits per heavy atom. The van der Waals surface area contributed by atoms with E-state index in [0.717, 1.165) is 6.67 Å². The van der Waals surface area contributed by atoms with Gasteiger partial charge in [-0.3, -0.25) is 0 Å². The molecule has 4 rings (SSSR count). The Labute approximate surface area is 175 Å². The highest BCUT2D eigenvalue weighted by Crippen LogP contribution is 2.45. The van der Waals surface area contributed by atoms with E-state index in [1.807, 2.05) is 0 Å². The Morgan fingerprint density at radius 2 is 1.00 bits per heavy atom. The summed E-state index contributed by atoms with van der Waals surface area (Å²) in [4.78, 5) is 4.85.